The van der Waals surface area contributed by atoms with Crippen LogP contribution in [0.3, 0.4) is 0 Å². The van der Waals surface area contributed by atoms with Gasteiger partial charge in [0.1, 0.15) is 17.8 Å². The molecule has 0 radical (unpaired) electrons. The summed E-state index contributed by atoms with van der Waals surface area (Å²) in [7, 11) is 0. The molecule has 0 aliphatic heterocycles. The van der Waals surface area contributed by atoms with E-state index in [0.717, 1.165) is 12.1 Å². The van der Waals surface area contributed by atoms with Crippen LogP contribution in [-0.2, 0) is 6.18 Å². The van der Waals surface area contributed by atoms with Crippen LogP contribution in [0.15, 0.2) is 36.4 Å². The molecule has 2 rings (SSSR count). The van der Waals surface area contributed by atoms with Crippen molar-refractivity contribution in [3.63, 3.8) is 0 Å². The number of halogens is 11. The lowest BCUT2D eigenvalue weighted by Crippen LogP contribution is -2.43. The topological polar surface area (TPSA) is 29.1 Å². The minimum Gasteiger partial charge on any atom is -0.341 e. The highest BCUT2D eigenvalue weighted by Gasteiger charge is 2.42. The van der Waals surface area contributed by atoms with Gasteiger partial charge in [-0.1, -0.05) is 29.8 Å². The molecular weight excluding hydrogens is 532 g/mol. The number of rotatable bonds is 5. The molecule has 0 saturated carbocycles. The van der Waals surface area contributed by atoms with E-state index in [-0.39, 0.29) is 28.3 Å². The van der Waals surface area contributed by atoms with Crippen molar-refractivity contribution in [3.05, 3.63) is 74.8 Å². The van der Waals surface area contributed by atoms with Crippen LogP contribution in [-0.4, -0.2) is 24.3 Å². The first-order valence-electron chi connectivity index (χ1n) is 10.0. The molecule has 198 valence electrons. The number of amides is 1. The van der Waals surface area contributed by atoms with E-state index in [2.05, 4.69) is 0 Å². The standard InChI is InChI=1S/C23H18ClF10NO/c1-10-6-14(7-11(2)19(10)24)16(22(29,30)31)9-18(25)13-4-5-15(17(8-13)23(32,33)34)20(36)35-12(3)21(26,27)28/h4-9,12,16H,1-3H3,(H,35,36)/b18-9-. The van der Waals surface area contributed by atoms with Gasteiger partial charge < -0.3 is 5.32 Å². The molecule has 0 aliphatic rings. The van der Waals surface area contributed by atoms with Crippen molar-refractivity contribution < 1.29 is 48.7 Å². The molecule has 2 unspecified atom stereocenters. The van der Waals surface area contributed by atoms with Crippen molar-refractivity contribution in [1.82, 2.24) is 5.32 Å². The van der Waals surface area contributed by atoms with E-state index in [1.165, 1.54) is 19.2 Å². The van der Waals surface area contributed by atoms with Crippen molar-refractivity contribution in [2.24, 2.45) is 0 Å². The maximum atomic E-state index is 14.9. The lowest BCUT2D eigenvalue weighted by atomic mass is 9.93. The van der Waals surface area contributed by atoms with Gasteiger partial charge in [-0.2, -0.15) is 39.5 Å². The van der Waals surface area contributed by atoms with E-state index in [1.54, 1.807) is 0 Å². The third kappa shape index (κ3) is 6.92. The molecule has 36 heavy (non-hydrogen) atoms. The van der Waals surface area contributed by atoms with Crippen molar-refractivity contribution >= 4 is 23.3 Å². The molecule has 2 aromatic rings. The number of aryl methyl sites for hydroxylation is 2. The summed E-state index contributed by atoms with van der Waals surface area (Å²) in [6.07, 6.45) is -15.3. The molecule has 0 aromatic heterocycles. The Morgan fingerprint density at radius 1 is 0.917 bits per heavy atom. The van der Waals surface area contributed by atoms with Gasteiger partial charge in [-0.25, -0.2) is 4.39 Å². The lowest BCUT2D eigenvalue weighted by molar-refractivity contribution is -0.149. The number of nitrogens with one attached hydrogen (secondary N) is 1. The zero-order chi connectivity index (χ0) is 27.8. The first-order valence-corrected chi connectivity index (χ1v) is 10.4. The van der Waals surface area contributed by atoms with Gasteiger partial charge in [0.25, 0.3) is 5.91 Å². The van der Waals surface area contributed by atoms with Crippen LogP contribution in [0.2, 0.25) is 5.02 Å². The summed E-state index contributed by atoms with van der Waals surface area (Å²) in [4.78, 5) is 12.1. The van der Waals surface area contributed by atoms with Crippen LogP contribution < -0.4 is 5.32 Å². The Morgan fingerprint density at radius 2 is 1.44 bits per heavy atom. The molecule has 0 aliphatic carbocycles. The predicted molar refractivity (Wildman–Crippen MR) is 113 cm³/mol. The Morgan fingerprint density at radius 3 is 1.89 bits per heavy atom. The molecule has 0 spiro atoms. The summed E-state index contributed by atoms with van der Waals surface area (Å²) in [5, 5.41) is 1.54. The SMILES string of the molecule is Cc1cc(C(/C=C(\F)c2ccc(C(=O)NC(C)C(F)(F)F)c(C(F)(F)F)c2)C(F)(F)F)cc(C)c1Cl. The molecule has 2 atom stereocenters. The smallest absolute Gasteiger partial charge is 0.341 e. The van der Waals surface area contributed by atoms with Gasteiger partial charge in [0.15, 0.2) is 0 Å². The van der Waals surface area contributed by atoms with Crippen molar-refractivity contribution in [1.29, 1.82) is 0 Å². The third-order valence-electron chi connectivity index (χ3n) is 5.17. The summed E-state index contributed by atoms with van der Waals surface area (Å²) < 4.78 is 135. The third-order valence-corrected chi connectivity index (χ3v) is 5.76. The van der Waals surface area contributed by atoms with E-state index >= 15 is 0 Å². The number of allylic oxidation sites excluding steroid dienone is 1. The lowest BCUT2D eigenvalue weighted by Gasteiger charge is -2.20. The fraction of sp³-hybridized carbons (Fsp3) is 0.348. The van der Waals surface area contributed by atoms with Crippen molar-refractivity contribution in [2.45, 2.75) is 51.3 Å². The van der Waals surface area contributed by atoms with Gasteiger partial charge in [0, 0.05) is 10.6 Å². The Labute approximate surface area is 203 Å². The molecule has 13 heteroatoms. The average Bonchev–Trinajstić information content (AvgIpc) is 2.72. The van der Waals surface area contributed by atoms with Crippen LogP contribution in [0.4, 0.5) is 43.9 Å². The molecule has 1 N–H and O–H groups in total. The van der Waals surface area contributed by atoms with Crippen LogP contribution in [0.5, 0.6) is 0 Å². The maximum Gasteiger partial charge on any atom is 0.417 e. The monoisotopic (exact) mass is 549 g/mol. The van der Waals surface area contributed by atoms with E-state index in [0.29, 0.717) is 19.1 Å². The zero-order valence-electron chi connectivity index (χ0n) is 18.7. The highest BCUT2D eigenvalue weighted by atomic mass is 35.5. The van der Waals surface area contributed by atoms with E-state index < -0.39 is 64.5 Å². The molecule has 0 saturated heterocycles. The average molecular weight is 550 g/mol. The molecule has 0 heterocycles. The Hall–Kier alpha value is -2.76. The number of carbonyl (C=O) groups excluding carboxylic acids is 1. The first kappa shape index (κ1) is 29.5. The summed E-state index contributed by atoms with van der Waals surface area (Å²) in [5.41, 5.74) is -3.93. The van der Waals surface area contributed by atoms with Crippen molar-refractivity contribution in [2.75, 3.05) is 0 Å². The second-order valence-electron chi connectivity index (χ2n) is 8.00. The largest absolute Gasteiger partial charge is 0.417 e. The second-order valence-corrected chi connectivity index (χ2v) is 8.38. The van der Waals surface area contributed by atoms with Gasteiger partial charge in [0.05, 0.1) is 11.1 Å². The number of hydrogen-bond acceptors (Lipinski definition) is 1. The molecular formula is C23H18ClF10NO. The van der Waals surface area contributed by atoms with Gasteiger partial charge in [-0.15, -0.1) is 0 Å². The number of benzene rings is 2. The highest BCUT2D eigenvalue weighted by molar-refractivity contribution is 6.32. The summed E-state index contributed by atoms with van der Waals surface area (Å²) in [6.45, 7) is 3.34. The predicted octanol–water partition coefficient (Wildman–Crippen LogP) is 8.31. The van der Waals surface area contributed by atoms with Crippen molar-refractivity contribution in [3.8, 4) is 0 Å². The van der Waals surface area contributed by atoms with Crippen LogP contribution in [0.1, 0.15) is 51.0 Å². The molecule has 2 nitrogen and oxygen atoms in total. The Balaban J connectivity index is 2.57. The van der Waals surface area contributed by atoms with E-state index in [1.807, 2.05) is 0 Å². The minimum atomic E-state index is -5.34. The Bertz CT molecular complexity index is 1140. The van der Waals surface area contributed by atoms with E-state index in [4.69, 9.17) is 11.6 Å². The molecule has 0 bridgehead atoms. The Kier molecular flexibility index (Phi) is 8.44. The summed E-state index contributed by atoms with van der Waals surface area (Å²) >= 11 is 5.95. The minimum absolute atomic E-state index is 0.0603. The van der Waals surface area contributed by atoms with Gasteiger partial charge in [-0.3, -0.25) is 4.79 Å². The quantitative estimate of drug-likeness (QED) is 0.373. The second kappa shape index (κ2) is 10.3. The molecule has 1 amide bonds. The van der Waals surface area contributed by atoms with Gasteiger partial charge in [-0.05, 0) is 55.7 Å². The van der Waals surface area contributed by atoms with Crippen LogP contribution in [0, 0.1) is 13.8 Å². The first-order chi connectivity index (χ1) is 16.2. The van der Waals surface area contributed by atoms with Gasteiger partial charge >= 0.3 is 18.5 Å². The maximum absolute atomic E-state index is 14.9. The molecule has 2 aromatic carbocycles. The molecule has 0 fully saturated rings. The summed E-state index contributed by atoms with van der Waals surface area (Å²) in [6, 6.07) is 0.649. The summed E-state index contributed by atoms with van der Waals surface area (Å²) in [5.74, 6) is -6.00. The number of alkyl halides is 9. The fourth-order valence-electron chi connectivity index (χ4n) is 3.26. The zero-order valence-corrected chi connectivity index (χ0v) is 19.4. The van der Waals surface area contributed by atoms with E-state index in [9.17, 15) is 48.7 Å². The normalized spacial score (nSPS) is 15.0. The number of carbonyl (C=O) groups is 1. The fourth-order valence-corrected chi connectivity index (χ4v) is 3.37. The number of hydrogen-bond donors (Lipinski definition) is 1. The van der Waals surface area contributed by atoms with Crippen LogP contribution >= 0.6 is 11.6 Å². The highest BCUT2D eigenvalue weighted by Crippen LogP contribution is 2.41. The van der Waals surface area contributed by atoms with Gasteiger partial charge in [0.2, 0.25) is 0 Å². The van der Waals surface area contributed by atoms with Crippen LogP contribution in [0.25, 0.3) is 5.83 Å².